The number of aryl methyl sites for hydroxylation is 1. The molecule has 1 fully saturated rings. The highest BCUT2D eigenvalue weighted by atomic mass is 35.5. The number of benzene rings is 1. The van der Waals surface area contributed by atoms with Gasteiger partial charge in [-0.05, 0) is 49.6 Å². The van der Waals surface area contributed by atoms with Gasteiger partial charge < -0.3 is 30.9 Å². The summed E-state index contributed by atoms with van der Waals surface area (Å²) in [5.74, 6) is -0.766. The van der Waals surface area contributed by atoms with Gasteiger partial charge in [0.15, 0.2) is 5.82 Å². The third-order valence-electron chi connectivity index (χ3n) is 6.92. The monoisotopic (exact) mass is 596 g/mol. The summed E-state index contributed by atoms with van der Waals surface area (Å²) in [5, 5.41) is 16.2. The number of aromatic nitrogens is 3. The Morgan fingerprint density at radius 1 is 1.24 bits per heavy atom. The Balaban J connectivity index is 1.46. The van der Waals surface area contributed by atoms with E-state index in [1.165, 1.54) is 11.8 Å². The topological polar surface area (TPSA) is 151 Å². The fraction of sp³-hybridized carbons (Fsp3) is 0.321. The number of carbonyl (C=O) groups is 2. The summed E-state index contributed by atoms with van der Waals surface area (Å²) < 4.78 is 1.61. The van der Waals surface area contributed by atoms with Gasteiger partial charge in [-0.3, -0.25) is 9.59 Å². The van der Waals surface area contributed by atoms with Gasteiger partial charge in [0.05, 0.1) is 23.2 Å². The number of nitrogen functional groups attached to an aromatic ring is 1. The molecule has 0 unspecified atom stereocenters. The Bertz CT molecular complexity index is 1530. The number of nitrogens with zero attached hydrogens (tertiary/aromatic N) is 5. The van der Waals surface area contributed by atoms with Gasteiger partial charge in [-0.25, -0.2) is 9.97 Å². The molecule has 2 aromatic heterocycles. The van der Waals surface area contributed by atoms with Crippen LogP contribution in [0.1, 0.15) is 19.8 Å². The predicted molar refractivity (Wildman–Crippen MR) is 161 cm³/mol. The molecule has 1 aliphatic rings. The Labute approximate surface area is 247 Å². The second-order valence-corrected chi connectivity index (χ2v) is 11.5. The number of hydrogen-bond donors (Lipinski definition) is 4. The molecular formula is C28H33ClN8O3S. The summed E-state index contributed by atoms with van der Waals surface area (Å²) in [5.41, 5.74) is 6.55. The van der Waals surface area contributed by atoms with Gasteiger partial charge in [0.25, 0.3) is 11.8 Å². The van der Waals surface area contributed by atoms with E-state index in [9.17, 15) is 14.7 Å². The van der Waals surface area contributed by atoms with Crippen LogP contribution < -0.4 is 26.8 Å². The van der Waals surface area contributed by atoms with Crippen molar-refractivity contribution in [1.29, 1.82) is 0 Å². The lowest BCUT2D eigenvalue weighted by atomic mass is 9.80. The van der Waals surface area contributed by atoms with Crippen LogP contribution in [0.5, 0.6) is 0 Å². The van der Waals surface area contributed by atoms with E-state index in [4.69, 9.17) is 17.3 Å². The smallest absolute Gasteiger partial charge is 0.287 e. The quantitative estimate of drug-likeness (QED) is 0.132. The standard InChI is InChI=1S/C28H33ClN8O3S/c1-28(17-31-2)10-13-37(14-11-28)22-15-32-27(24(30)34-22)41-20-8-6-7-19(23(20)29)33-25(39)18(16-38)26(40)35-21-9-4-5-12-36(21)3/h4-9,12,15-16,31,38H,10-11,13-14,17H2,1-3H3,(H2,30,34)(H,33,39). The number of halogens is 1. The second kappa shape index (κ2) is 13.2. The first-order valence-electron chi connectivity index (χ1n) is 13.0. The molecule has 1 saturated heterocycles. The maximum Gasteiger partial charge on any atom is 0.287 e. The number of nitrogens with one attached hydrogen (secondary N) is 2. The minimum Gasteiger partial charge on any atom is -0.515 e. The lowest BCUT2D eigenvalue weighted by Crippen LogP contribution is -2.43. The first-order chi connectivity index (χ1) is 19.6. The maximum absolute atomic E-state index is 12.9. The summed E-state index contributed by atoms with van der Waals surface area (Å²) in [6.07, 6.45) is 5.92. The van der Waals surface area contributed by atoms with E-state index < -0.39 is 17.4 Å². The first-order valence-corrected chi connectivity index (χ1v) is 14.2. The molecule has 0 spiro atoms. The van der Waals surface area contributed by atoms with Crippen LogP contribution in [-0.2, 0) is 16.6 Å². The number of hydrogen-bond acceptors (Lipinski definition) is 9. The van der Waals surface area contributed by atoms with E-state index >= 15 is 0 Å². The highest BCUT2D eigenvalue weighted by molar-refractivity contribution is 7.99. The molecule has 4 rings (SSSR count). The zero-order valence-electron chi connectivity index (χ0n) is 23.1. The van der Waals surface area contributed by atoms with E-state index in [1.54, 1.807) is 60.4 Å². The third-order valence-corrected chi connectivity index (χ3v) is 8.50. The van der Waals surface area contributed by atoms with E-state index in [0.29, 0.717) is 21.7 Å². The fourth-order valence-electron chi connectivity index (χ4n) is 4.48. The first kappa shape index (κ1) is 30.1. The van der Waals surface area contributed by atoms with E-state index in [1.807, 2.05) is 7.05 Å². The largest absolute Gasteiger partial charge is 0.515 e. The number of amides is 2. The molecule has 0 radical (unpaired) electrons. The number of piperidine rings is 1. The molecule has 0 aliphatic carbocycles. The number of aliphatic hydroxyl groups is 1. The summed E-state index contributed by atoms with van der Waals surface area (Å²) >= 11 is 7.81. The van der Waals surface area contributed by atoms with Crippen LogP contribution in [0.15, 0.2) is 75.5 Å². The Morgan fingerprint density at radius 3 is 2.66 bits per heavy atom. The van der Waals surface area contributed by atoms with Gasteiger partial charge in [0.1, 0.15) is 21.9 Å². The predicted octanol–water partition coefficient (Wildman–Crippen LogP) is 3.54. The summed E-state index contributed by atoms with van der Waals surface area (Å²) in [7, 11) is 3.68. The van der Waals surface area contributed by atoms with Gasteiger partial charge in [-0.1, -0.05) is 42.4 Å². The molecule has 0 saturated carbocycles. The van der Waals surface area contributed by atoms with Crippen molar-refractivity contribution in [2.24, 2.45) is 17.5 Å². The Kier molecular flexibility index (Phi) is 9.69. The van der Waals surface area contributed by atoms with Crippen molar-refractivity contribution in [1.82, 2.24) is 19.9 Å². The van der Waals surface area contributed by atoms with Gasteiger partial charge in [0.2, 0.25) is 0 Å². The normalized spacial score (nSPS) is 15.6. The molecule has 0 bridgehead atoms. The van der Waals surface area contributed by atoms with Gasteiger partial charge >= 0.3 is 0 Å². The van der Waals surface area contributed by atoms with Crippen molar-refractivity contribution in [3.05, 3.63) is 71.1 Å². The number of anilines is 3. The van der Waals surface area contributed by atoms with Crippen molar-refractivity contribution in [2.45, 2.75) is 29.7 Å². The molecule has 13 heteroatoms. The van der Waals surface area contributed by atoms with Gasteiger partial charge in [0, 0.05) is 37.8 Å². The average Bonchev–Trinajstić information content (AvgIpc) is 2.94. The molecule has 216 valence electrons. The molecule has 2 amide bonds. The lowest BCUT2D eigenvalue weighted by Gasteiger charge is -2.39. The molecule has 41 heavy (non-hydrogen) atoms. The van der Waals surface area contributed by atoms with Crippen LogP contribution in [-0.4, -0.2) is 58.1 Å². The second-order valence-electron chi connectivity index (χ2n) is 10.0. The summed E-state index contributed by atoms with van der Waals surface area (Å²) in [4.78, 5) is 41.3. The number of rotatable bonds is 8. The minimum atomic E-state index is -0.906. The van der Waals surface area contributed by atoms with Crippen molar-refractivity contribution in [3.8, 4) is 0 Å². The Hall–Kier alpha value is -3.87. The van der Waals surface area contributed by atoms with E-state index in [-0.39, 0.29) is 21.9 Å². The van der Waals surface area contributed by atoms with Crippen molar-refractivity contribution in [2.75, 3.05) is 42.6 Å². The molecule has 3 aromatic rings. The minimum absolute atomic E-state index is 0.215. The van der Waals surface area contributed by atoms with E-state index in [0.717, 1.165) is 38.3 Å². The molecule has 0 atom stereocenters. The third kappa shape index (κ3) is 7.26. The van der Waals surface area contributed by atoms with Crippen LogP contribution in [0.25, 0.3) is 0 Å². The fourth-order valence-corrected chi connectivity index (χ4v) is 5.58. The molecule has 5 N–H and O–H groups in total. The lowest BCUT2D eigenvalue weighted by molar-refractivity contribution is -0.119. The molecular weight excluding hydrogens is 564 g/mol. The maximum atomic E-state index is 12.9. The zero-order valence-corrected chi connectivity index (χ0v) is 24.7. The van der Waals surface area contributed by atoms with Crippen LogP contribution in [0.2, 0.25) is 5.02 Å². The van der Waals surface area contributed by atoms with Crippen molar-refractivity contribution >= 4 is 52.5 Å². The van der Waals surface area contributed by atoms with E-state index in [2.05, 4.69) is 37.4 Å². The molecule has 11 nitrogen and oxygen atoms in total. The summed E-state index contributed by atoms with van der Waals surface area (Å²) in [6, 6.07) is 10.1. The van der Waals surface area contributed by atoms with Gasteiger partial charge in [-0.15, -0.1) is 0 Å². The zero-order chi connectivity index (χ0) is 29.6. The highest BCUT2D eigenvalue weighted by Gasteiger charge is 2.30. The summed E-state index contributed by atoms with van der Waals surface area (Å²) in [6.45, 7) is 5.01. The molecule has 3 heterocycles. The highest BCUT2D eigenvalue weighted by Crippen LogP contribution is 2.39. The van der Waals surface area contributed by atoms with Crippen LogP contribution in [0.4, 0.5) is 17.3 Å². The SMILES string of the molecule is CNCC1(C)CCN(c2cnc(Sc3cccc(NC(=O)C(=CO)C(=O)N=c4ccccn4C)c3Cl)c(N)n2)CC1. The molecule has 1 aromatic carbocycles. The number of aliphatic hydroxyl groups excluding tert-OH is 1. The van der Waals surface area contributed by atoms with Gasteiger partial charge in [-0.2, -0.15) is 4.99 Å². The Morgan fingerprint density at radius 2 is 2.00 bits per heavy atom. The van der Waals surface area contributed by atoms with Crippen LogP contribution >= 0.6 is 23.4 Å². The number of nitrogens with two attached hydrogens (primary N) is 1. The molecule has 1 aliphatic heterocycles. The average molecular weight is 597 g/mol. The number of carbonyl (C=O) groups excluding carboxylic acids is 2. The van der Waals surface area contributed by atoms with Crippen LogP contribution in [0.3, 0.4) is 0 Å². The number of pyridine rings is 1. The van der Waals surface area contributed by atoms with Crippen molar-refractivity contribution in [3.63, 3.8) is 0 Å². The van der Waals surface area contributed by atoms with Crippen molar-refractivity contribution < 1.29 is 14.7 Å². The van der Waals surface area contributed by atoms with Crippen LogP contribution in [0, 0.1) is 5.41 Å².